The van der Waals surface area contributed by atoms with E-state index in [9.17, 15) is 0 Å². The third-order valence-electron chi connectivity index (χ3n) is 2.07. The first-order valence-electron chi connectivity index (χ1n) is 4.36. The Kier molecular flexibility index (Phi) is 3.10. The van der Waals surface area contributed by atoms with Crippen LogP contribution in [0.25, 0.3) is 0 Å². The quantitative estimate of drug-likeness (QED) is 0.704. The fourth-order valence-corrected chi connectivity index (χ4v) is 1.18. The van der Waals surface area contributed by atoms with Gasteiger partial charge in [0.2, 0.25) is 0 Å². The van der Waals surface area contributed by atoms with E-state index in [1.165, 1.54) is 0 Å². The summed E-state index contributed by atoms with van der Waals surface area (Å²) in [6, 6.07) is 0.0100. The molecule has 1 rings (SSSR count). The zero-order chi connectivity index (χ0) is 9.84. The van der Waals surface area contributed by atoms with Crippen molar-refractivity contribution in [1.82, 2.24) is 9.55 Å². The highest BCUT2D eigenvalue weighted by Gasteiger charge is 2.14. The molecule has 0 saturated heterocycles. The molecule has 13 heavy (non-hydrogen) atoms. The molecule has 0 aliphatic heterocycles. The van der Waals surface area contributed by atoms with Gasteiger partial charge in [-0.2, -0.15) is 0 Å². The number of terminal acetylenes is 1. The maximum absolute atomic E-state index is 5.98. The van der Waals surface area contributed by atoms with Gasteiger partial charge in [-0.1, -0.05) is 19.8 Å². The molecule has 1 atom stereocenters. The van der Waals surface area contributed by atoms with E-state index in [4.69, 9.17) is 12.2 Å². The molecule has 0 fully saturated rings. The normalized spacial score (nSPS) is 12.8. The van der Waals surface area contributed by atoms with Crippen molar-refractivity contribution in [3.63, 3.8) is 0 Å². The molecule has 0 aliphatic rings. The molecule has 1 aromatic rings. The number of hydrogen-bond donors (Lipinski definition) is 1. The standard InChI is InChI=1S/C10H15N3/c1-4-5-13-7-12-6-9(13)10(11)8(2)3/h1,6-8,10H,5,11H2,2-3H3. The number of nitrogens with zero attached hydrogens (tertiary/aromatic N) is 2. The summed E-state index contributed by atoms with van der Waals surface area (Å²) in [6.45, 7) is 4.70. The van der Waals surface area contributed by atoms with Crippen LogP contribution >= 0.6 is 0 Å². The highest BCUT2D eigenvalue weighted by Crippen LogP contribution is 2.17. The Morgan fingerprint density at radius 1 is 1.69 bits per heavy atom. The van der Waals surface area contributed by atoms with Crippen LogP contribution in [-0.2, 0) is 6.54 Å². The van der Waals surface area contributed by atoms with Crippen molar-refractivity contribution in [2.24, 2.45) is 11.7 Å². The summed E-state index contributed by atoms with van der Waals surface area (Å²) < 4.78 is 1.91. The van der Waals surface area contributed by atoms with Crippen molar-refractivity contribution < 1.29 is 0 Å². The molecule has 1 aromatic heterocycles. The van der Waals surface area contributed by atoms with Crippen LogP contribution in [0.4, 0.5) is 0 Å². The number of aromatic nitrogens is 2. The summed E-state index contributed by atoms with van der Waals surface area (Å²) in [5.74, 6) is 2.97. The van der Waals surface area contributed by atoms with Crippen LogP contribution in [0.5, 0.6) is 0 Å². The Morgan fingerprint density at radius 3 is 2.92 bits per heavy atom. The van der Waals surface area contributed by atoms with Crippen LogP contribution in [-0.4, -0.2) is 9.55 Å². The Balaban J connectivity index is 2.88. The van der Waals surface area contributed by atoms with Gasteiger partial charge in [-0.15, -0.1) is 6.42 Å². The van der Waals surface area contributed by atoms with E-state index in [2.05, 4.69) is 24.8 Å². The highest BCUT2D eigenvalue weighted by atomic mass is 15.1. The minimum absolute atomic E-state index is 0.0100. The largest absolute Gasteiger partial charge is 0.322 e. The van der Waals surface area contributed by atoms with Crippen molar-refractivity contribution in [1.29, 1.82) is 0 Å². The molecule has 0 amide bonds. The fraction of sp³-hybridized carbons (Fsp3) is 0.500. The van der Waals surface area contributed by atoms with E-state index in [1.54, 1.807) is 12.5 Å². The maximum Gasteiger partial charge on any atom is 0.0957 e. The second kappa shape index (κ2) is 4.11. The van der Waals surface area contributed by atoms with Crippen molar-refractivity contribution >= 4 is 0 Å². The molecule has 70 valence electrons. The van der Waals surface area contributed by atoms with E-state index < -0.39 is 0 Å². The Hall–Kier alpha value is -1.27. The predicted molar refractivity (Wildman–Crippen MR) is 52.8 cm³/mol. The molecule has 0 aliphatic carbocycles. The lowest BCUT2D eigenvalue weighted by Gasteiger charge is -2.16. The van der Waals surface area contributed by atoms with Crippen molar-refractivity contribution in [2.45, 2.75) is 26.4 Å². The lowest BCUT2D eigenvalue weighted by atomic mass is 10.0. The smallest absolute Gasteiger partial charge is 0.0957 e. The van der Waals surface area contributed by atoms with E-state index in [1.807, 2.05) is 4.57 Å². The molecule has 0 aromatic carbocycles. The Morgan fingerprint density at radius 2 is 2.38 bits per heavy atom. The van der Waals surface area contributed by atoms with Crippen molar-refractivity contribution in [3.05, 3.63) is 18.2 Å². The number of hydrogen-bond acceptors (Lipinski definition) is 2. The second-order valence-electron chi connectivity index (χ2n) is 3.42. The SMILES string of the molecule is C#CCn1cncc1C(N)C(C)C. The van der Waals surface area contributed by atoms with Gasteiger partial charge in [0.05, 0.1) is 18.6 Å². The van der Waals surface area contributed by atoms with E-state index in [0.717, 1.165) is 5.69 Å². The third-order valence-corrected chi connectivity index (χ3v) is 2.07. The molecule has 0 saturated carbocycles. The van der Waals surface area contributed by atoms with Gasteiger partial charge in [-0.05, 0) is 5.92 Å². The van der Waals surface area contributed by atoms with Gasteiger partial charge in [-0.25, -0.2) is 4.98 Å². The summed E-state index contributed by atoms with van der Waals surface area (Å²) in [5.41, 5.74) is 6.99. The summed E-state index contributed by atoms with van der Waals surface area (Å²) >= 11 is 0. The number of imidazole rings is 1. The van der Waals surface area contributed by atoms with Gasteiger partial charge >= 0.3 is 0 Å². The lowest BCUT2D eigenvalue weighted by molar-refractivity contribution is 0.486. The second-order valence-corrected chi connectivity index (χ2v) is 3.42. The summed E-state index contributed by atoms with van der Waals surface area (Å²) in [7, 11) is 0. The average molecular weight is 177 g/mol. The van der Waals surface area contributed by atoms with Crippen LogP contribution in [0.1, 0.15) is 25.6 Å². The molecule has 0 radical (unpaired) electrons. The summed E-state index contributed by atoms with van der Waals surface area (Å²) in [4.78, 5) is 4.03. The predicted octanol–water partition coefficient (Wildman–Crippen LogP) is 1.17. The van der Waals surface area contributed by atoms with Crippen LogP contribution in [0.3, 0.4) is 0 Å². The van der Waals surface area contributed by atoms with Crippen LogP contribution in [0, 0.1) is 18.3 Å². The summed E-state index contributed by atoms with van der Waals surface area (Å²) in [6.07, 6.45) is 8.72. The van der Waals surface area contributed by atoms with Crippen LogP contribution in [0.15, 0.2) is 12.5 Å². The van der Waals surface area contributed by atoms with Gasteiger partial charge in [-0.3, -0.25) is 0 Å². The third kappa shape index (κ3) is 2.10. The first kappa shape index (κ1) is 9.82. The minimum atomic E-state index is 0.0100. The molecular weight excluding hydrogens is 162 g/mol. The molecule has 1 unspecified atom stereocenters. The van der Waals surface area contributed by atoms with Crippen molar-refractivity contribution in [2.75, 3.05) is 0 Å². The number of nitrogens with two attached hydrogens (primary N) is 1. The van der Waals surface area contributed by atoms with Crippen LogP contribution < -0.4 is 5.73 Å². The van der Waals surface area contributed by atoms with Gasteiger partial charge < -0.3 is 10.3 Å². The zero-order valence-corrected chi connectivity index (χ0v) is 8.07. The molecule has 3 nitrogen and oxygen atoms in total. The minimum Gasteiger partial charge on any atom is -0.322 e. The van der Waals surface area contributed by atoms with E-state index >= 15 is 0 Å². The van der Waals surface area contributed by atoms with Gasteiger partial charge in [0.25, 0.3) is 0 Å². The zero-order valence-electron chi connectivity index (χ0n) is 8.07. The molecular formula is C10H15N3. The Labute approximate surface area is 79.0 Å². The Bertz CT molecular complexity index is 306. The van der Waals surface area contributed by atoms with Gasteiger partial charge in [0.15, 0.2) is 0 Å². The topological polar surface area (TPSA) is 43.8 Å². The van der Waals surface area contributed by atoms with Crippen molar-refractivity contribution in [3.8, 4) is 12.3 Å². The first-order valence-corrected chi connectivity index (χ1v) is 4.36. The fourth-order valence-electron chi connectivity index (χ4n) is 1.18. The van der Waals surface area contributed by atoms with Crippen LogP contribution in [0.2, 0.25) is 0 Å². The van der Waals surface area contributed by atoms with E-state index in [-0.39, 0.29) is 6.04 Å². The molecule has 2 N–H and O–H groups in total. The molecule has 0 spiro atoms. The number of rotatable bonds is 3. The monoisotopic (exact) mass is 177 g/mol. The first-order chi connectivity index (χ1) is 6.16. The van der Waals surface area contributed by atoms with E-state index in [0.29, 0.717) is 12.5 Å². The molecule has 0 bridgehead atoms. The average Bonchev–Trinajstić information content (AvgIpc) is 2.52. The van der Waals surface area contributed by atoms with Gasteiger partial charge in [0, 0.05) is 12.2 Å². The van der Waals surface area contributed by atoms with Gasteiger partial charge in [0.1, 0.15) is 0 Å². The lowest BCUT2D eigenvalue weighted by Crippen LogP contribution is -2.20. The maximum atomic E-state index is 5.98. The molecule has 1 heterocycles. The molecule has 3 heteroatoms. The summed E-state index contributed by atoms with van der Waals surface area (Å²) in [5, 5.41) is 0. The highest BCUT2D eigenvalue weighted by molar-refractivity contribution is 5.07.